The first-order valence-corrected chi connectivity index (χ1v) is 9.84. The number of alkyl halides is 1. The molecule has 1 saturated carbocycles. The average Bonchev–Trinajstić information content (AvgIpc) is 3.30. The van der Waals surface area contributed by atoms with Gasteiger partial charge >= 0.3 is 5.97 Å². The SMILES string of the molecule is BrCc1ccccc1.CC(C)(C)OC(=O)CC1(C)CNC(=O)C12CC2. The highest BCUT2D eigenvalue weighted by Crippen LogP contribution is 2.62. The van der Waals surface area contributed by atoms with Crippen molar-refractivity contribution in [2.45, 2.75) is 57.9 Å². The zero-order valence-electron chi connectivity index (χ0n) is 15.5. The molecular weight excluding hydrogens is 382 g/mol. The second-order valence-corrected chi connectivity index (χ2v) is 8.77. The molecule has 138 valence electrons. The van der Waals surface area contributed by atoms with E-state index in [1.807, 2.05) is 45.9 Å². The molecular formula is C20H28BrNO3. The van der Waals surface area contributed by atoms with Gasteiger partial charge in [-0.25, -0.2) is 0 Å². The Morgan fingerprint density at radius 3 is 2.28 bits per heavy atom. The van der Waals surface area contributed by atoms with E-state index in [1.165, 1.54) is 5.56 Å². The minimum absolute atomic E-state index is 0.114. The van der Waals surface area contributed by atoms with E-state index in [4.69, 9.17) is 4.74 Å². The summed E-state index contributed by atoms with van der Waals surface area (Å²) in [7, 11) is 0. The van der Waals surface area contributed by atoms with Crippen molar-refractivity contribution in [1.29, 1.82) is 0 Å². The zero-order valence-corrected chi connectivity index (χ0v) is 17.1. The van der Waals surface area contributed by atoms with Crippen LogP contribution in [-0.4, -0.2) is 24.0 Å². The molecule has 1 atom stereocenters. The quantitative estimate of drug-likeness (QED) is 0.600. The highest BCUT2D eigenvalue weighted by molar-refractivity contribution is 9.08. The van der Waals surface area contributed by atoms with Gasteiger partial charge < -0.3 is 10.1 Å². The third-order valence-corrected chi connectivity index (χ3v) is 5.58. The van der Waals surface area contributed by atoms with Gasteiger partial charge in [-0.05, 0) is 39.2 Å². The lowest BCUT2D eigenvalue weighted by Crippen LogP contribution is -2.35. The number of benzene rings is 1. The molecule has 0 radical (unpaired) electrons. The maximum atomic E-state index is 11.9. The third kappa shape index (κ3) is 4.84. The van der Waals surface area contributed by atoms with Crippen LogP contribution in [0.15, 0.2) is 30.3 Å². The summed E-state index contributed by atoms with van der Waals surface area (Å²) < 4.78 is 5.34. The lowest BCUT2D eigenvalue weighted by Gasteiger charge is -2.29. The monoisotopic (exact) mass is 409 g/mol. The van der Waals surface area contributed by atoms with Crippen molar-refractivity contribution in [3.63, 3.8) is 0 Å². The van der Waals surface area contributed by atoms with Crippen LogP contribution in [0.5, 0.6) is 0 Å². The second-order valence-electron chi connectivity index (χ2n) is 8.21. The highest BCUT2D eigenvalue weighted by atomic mass is 79.9. The predicted molar refractivity (Wildman–Crippen MR) is 102 cm³/mol. The van der Waals surface area contributed by atoms with Gasteiger partial charge in [-0.3, -0.25) is 9.59 Å². The topological polar surface area (TPSA) is 55.4 Å². The third-order valence-electron chi connectivity index (χ3n) is 4.93. The van der Waals surface area contributed by atoms with Gasteiger partial charge in [0.1, 0.15) is 5.60 Å². The van der Waals surface area contributed by atoms with Crippen LogP contribution in [0, 0.1) is 10.8 Å². The number of rotatable bonds is 3. The first kappa shape index (κ1) is 20.0. The Kier molecular flexibility index (Phi) is 5.97. The Bertz CT molecular complexity index is 620. The fourth-order valence-electron chi connectivity index (χ4n) is 3.34. The summed E-state index contributed by atoms with van der Waals surface area (Å²) in [6.45, 7) is 8.18. The Morgan fingerprint density at radius 2 is 1.84 bits per heavy atom. The Morgan fingerprint density at radius 1 is 1.24 bits per heavy atom. The molecule has 1 N–H and O–H groups in total. The van der Waals surface area contributed by atoms with Crippen LogP contribution in [0.25, 0.3) is 0 Å². The number of hydrogen-bond acceptors (Lipinski definition) is 3. The van der Waals surface area contributed by atoms with E-state index in [0.717, 1.165) is 18.2 Å². The highest BCUT2D eigenvalue weighted by Gasteiger charge is 2.66. The largest absolute Gasteiger partial charge is 0.460 e. The molecule has 1 amide bonds. The lowest BCUT2D eigenvalue weighted by atomic mass is 9.74. The van der Waals surface area contributed by atoms with Crippen LogP contribution >= 0.6 is 15.9 Å². The number of nitrogens with one attached hydrogen (secondary N) is 1. The van der Waals surface area contributed by atoms with Crippen LogP contribution in [-0.2, 0) is 19.7 Å². The maximum Gasteiger partial charge on any atom is 0.306 e. The van der Waals surface area contributed by atoms with Crippen molar-refractivity contribution in [3.8, 4) is 0 Å². The average molecular weight is 410 g/mol. The number of carbonyl (C=O) groups excluding carboxylic acids is 2. The van der Waals surface area contributed by atoms with E-state index in [9.17, 15) is 9.59 Å². The summed E-state index contributed by atoms with van der Waals surface area (Å²) in [5, 5.41) is 3.84. The van der Waals surface area contributed by atoms with E-state index in [-0.39, 0.29) is 22.7 Å². The standard InChI is InChI=1S/C13H21NO3.C7H7Br/c1-11(2,3)17-9(15)7-12(4)8-14-10(16)13(12)5-6-13;8-6-7-4-2-1-3-5-7/h5-8H2,1-4H3,(H,14,16);1-5H,6H2. The van der Waals surface area contributed by atoms with Gasteiger partial charge in [0, 0.05) is 17.3 Å². The fraction of sp³-hybridized carbons (Fsp3) is 0.600. The molecule has 1 heterocycles. The number of ether oxygens (including phenoxy) is 1. The van der Waals surface area contributed by atoms with Crippen molar-refractivity contribution < 1.29 is 14.3 Å². The first-order valence-electron chi connectivity index (χ1n) is 8.72. The Labute approximate surface area is 158 Å². The van der Waals surface area contributed by atoms with E-state index in [1.54, 1.807) is 0 Å². The molecule has 4 nitrogen and oxygen atoms in total. The van der Waals surface area contributed by atoms with Crippen molar-refractivity contribution in [2.24, 2.45) is 10.8 Å². The van der Waals surface area contributed by atoms with Crippen molar-refractivity contribution in [1.82, 2.24) is 5.32 Å². The fourth-order valence-corrected chi connectivity index (χ4v) is 3.71. The van der Waals surface area contributed by atoms with Gasteiger partial charge in [0.05, 0.1) is 11.8 Å². The summed E-state index contributed by atoms with van der Waals surface area (Å²) in [4.78, 5) is 23.7. The molecule has 1 aliphatic heterocycles. The number of carbonyl (C=O) groups is 2. The summed E-state index contributed by atoms with van der Waals surface area (Å²) in [5.74, 6) is -0.0914. The lowest BCUT2D eigenvalue weighted by molar-refractivity contribution is -0.158. The van der Waals surface area contributed by atoms with E-state index in [0.29, 0.717) is 13.0 Å². The van der Waals surface area contributed by atoms with Crippen molar-refractivity contribution >= 4 is 27.8 Å². The van der Waals surface area contributed by atoms with Crippen LogP contribution in [0.3, 0.4) is 0 Å². The summed E-state index contributed by atoms with van der Waals surface area (Å²) in [6.07, 6.45) is 2.12. The van der Waals surface area contributed by atoms with Crippen LogP contribution < -0.4 is 5.32 Å². The second kappa shape index (κ2) is 7.48. The van der Waals surface area contributed by atoms with Crippen LogP contribution in [0.1, 0.15) is 52.5 Å². The minimum atomic E-state index is -0.458. The number of hydrogen-bond donors (Lipinski definition) is 1. The van der Waals surface area contributed by atoms with Gasteiger partial charge in [-0.2, -0.15) is 0 Å². The van der Waals surface area contributed by atoms with Gasteiger partial charge in [-0.15, -0.1) is 0 Å². The summed E-state index contributed by atoms with van der Waals surface area (Å²) in [5.41, 5.74) is 0.309. The zero-order chi connectivity index (χ0) is 18.7. The smallest absolute Gasteiger partial charge is 0.306 e. The van der Waals surface area contributed by atoms with Gasteiger partial charge in [0.2, 0.25) is 5.91 Å². The molecule has 1 aliphatic carbocycles. The number of halogens is 1. The molecule has 1 aromatic carbocycles. The molecule has 1 unspecified atom stereocenters. The molecule has 25 heavy (non-hydrogen) atoms. The maximum absolute atomic E-state index is 11.9. The van der Waals surface area contributed by atoms with Crippen LogP contribution in [0.4, 0.5) is 0 Å². The number of esters is 1. The molecule has 1 spiro atoms. The van der Waals surface area contributed by atoms with E-state index >= 15 is 0 Å². The van der Waals surface area contributed by atoms with Crippen LogP contribution in [0.2, 0.25) is 0 Å². The molecule has 3 rings (SSSR count). The predicted octanol–water partition coefficient (Wildman–Crippen LogP) is 4.22. The molecule has 2 aliphatic rings. The van der Waals surface area contributed by atoms with Crippen molar-refractivity contribution in [3.05, 3.63) is 35.9 Å². The number of amides is 1. The molecule has 5 heteroatoms. The molecule has 0 aromatic heterocycles. The molecule has 1 aromatic rings. The Hall–Kier alpha value is -1.36. The Balaban J connectivity index is 0.000000236. The van der Waals surface area contributed by atoms with Gasteiger partial charge in [-0.1, -0.05) is 53.2 Å². The van der Waals surface area contributed by atoms with E-state index < -0.39 is 5.60 Å². The van der Waals surface area contributed by atoms with Gasteiger partial charge in [0.15, 0.2) is 0 Å². The van der Waals surface area contributed by atoms with E-state index in [2.05, 4.69) is 33.4 Å². The molecule has 1 saturated heterocycles. The van der Waals surface area contributed by atoms with Crippen molar-refractivity contribution in [2.75, 3.05) is 6.54 Å². The summed E-state index contributed by atoms with van der Waals surface area (Å²) in [6, 6.07) is 10.3. The molecule has 0 bridgehead atoms. The minimum Gasteiger partial charge on any atom is -0.460 e. The first-order chi connectivity index (χ1) is 11.6. The molecule has 2 fully saturated rings. The van der Waals surface area contributed by atoms with Gasteiger partial charge in [0.25, 0.3) is 0 Å². The summed E-state index contributed by atoms with van der Waals surface area (Å²) >= 11 is 3.36. The normalized spacial score (nSPS) is 23.5.